The molecular formula is C17H33IN4O. The first kappa shape index (κ1) is 22.2. The van der Waals surface area contributed by atoms with Crippen molar-refractivity contribution in [2.45, 2.75) is 46.8 Å². The minimum Gasteiger partial charge on any atom is -0.378 e. The fourth-order valence-electron chi connectivity index (χ4n) is 2.32. The van der Waals surface area contributed by atoms with Gasteiger partial charge in [-0.2, -0.15) is 0 Å². The summed E-state index contributed by atoms with van der Waals surface area (Å²) in [5.41, 5.74) is 1.22. The molecule has 1 heterocycles. The number of halogens is 1. The first-order valence-electron chi connectivity index (χ1n) is 8.31. The van der Waals surface area contributed by atoms with Gasteiger partial charge in [0, 0.05) is 39.1 Å². The topological polar surface area (TPSA) is 50.6 Å². The first-order chi connectivity index (χ1) is 10.6. The average Bonchev–Trinajstić information content (AvgIpc) is 2.89. The SMILES string of the molecule is CCNC(=NCc1ccn(C)c1)NCCC(OCC)C(C)C.I. The molecule has 134 valence electrons. The zero-order valence-corrected chi connectivity index (χ0v) is 17.5. The Morgan fingerprint density at radius 2 is 2.04 bits per heavy atom. The van der Waals surface area contributed by atoms with Crippen LogP contribution >= 0.6 is 24.0 Å². The lowest BCUT2D eigenvalue weighted by Crippen LogP contribution is -2.39. The van der Waals surface area contributed by atoms with Gasteiger partial charge in [0.05, 0.1) is 12.6 Å². The summed E-state index contributed by atoms with van der Waals surface area (Å²) < 4.78 is 7.82. The van der Waals surface area contributed by atoms with E-state index in [4.69, 9.17) is 4.74 Å². The van der Waals surface area contributed by atoms with Gasteiger partial charge in [-0.25, -0.2) is 4.99 Å². The van der Waals surface area contributed by atoms with Crippen LogP contribution in [0.5, 0.6) is 0 Å². The Kier molecular flexibility index (Phi) is 12.2. The molecule has 0 amide bonds. The summed E-state index contributed by atoms with van der Waals surface area (Å²) in [5.74, 6) is 1.40. The molecule has 0 aliphatic carbocycles. The van der Waals surface area contributed by atoms with Crippen molar-refractivity contribution >= 4 is 29.9 Å². The standard InChI is InChI=1S/C17H32N4O.HI/c1-6-18-17(20-12-15-9-11-21(5)13-15)19-10-8-16(14(3)4)22-7-2;/h9,11,13-14,16H,6-8,10,12H2,1-5H3,(H2,18,19,20);1H. The van der Waals surface area contributed by atoms with E-state index in [9.17, 15) is 0 Å². The Morgan fingerprint density at radius 1 is 1.30 bits per heavy atom. The molecule has 1 aromatic heterocycles. The summed E-state index contributed by atoms with van der Waals surface area (Å²) >= 11 is 0. The quantitative estimate of drug-likeness (QED) is 0.355. The number of hydrogen-bond donors (Lipinski definition) is 2. The van der Waals surface area contributed by atoms with Crippen LogP contribution in [0.2, 0.25) is 0 Å². The van der Waals surface area contributed by atoms with E-state index in [1.54, 1.807) is 0 Å². The third-order valence-electron chi connectivity index (χ3n) is 3.50. The minimum absolute atomic E-state index is 0. The molecule has 1 aromatic rings. The number of ether oxygens (including phenoxy) is 1. The van der Waals surface area contributed by atoms with Gasteiger partial charge >= 0.3 is 0 Å². The van der Waals surface area contributed by atoms with Crippen LogP contribution in [0, 0.1) is 5.92 Å². The molecule has 1 unspecified atom stereocenters. The van der Waals surface area contributed by atoms with Crippen molar-refractivity contribution in [3.8, 4) is 0 Å². The molecule has 2 N–H and O–H groups in total. The second-order valence-electron chi connectivity index (χ2n) is 5.83. The zero-order valence-electron chi connectivity index (χ0n) is 15.1. The largest absolute Gasteiger partial charge is 0.378 e. The number of hydrogen-bond acceptors (Lipinski definition) is 2. The molecule has 0 aliphatic heterocycles. The third kappa shape index (κ3) is 9.20. The number of guanidine groups is 1. The molecule has 1 rings (SSSR count). The van der Waals surface area contributed by atoms with Crippen LogP contribution in [0.1, 0.15) is 39.7 Å². The maximum absolute atomic E-state index is 5.77. The summed E-state index contributed by atoms with van der Waals surface area (Å²) in [4.78, 5) is 4.63. The Labute approximate surface area is 158 Å². The maximum atomic E-state index is 5.77. The Morgan fingerprint density at radius 3 is 2.57 bits per heavy atom. The van der Waals surface area contributed by atoms with Crippen molar-refractivity contribution in [1.29, 1.82) is 0 Å². The molecule has 0 aromatic carbocycles. The highest BCUT2D eigenvalue weighted by Crippen LogP contribution is 2.09. The number of aryl methyl sites for hydroxylation is 1. The summed E-state index contributed by atoms with van der Waals surface area (Å²) in [6.07, 6.45) is 5.42. The molecule has 0 radical (unpaired) electrons. The van der Waals surface area contributed by atoms with E-state index in [2.05, 4.69) is 48.7 Å². The van der Waals surface area contributed by atoms with Crippen LogP contribution in [0.15, 0.2) is 23.5 Å². The summed E-state index contributed by atoms with van der Waals surface area (Å²) in [7, 11) is 2.02. The van der Waals surface area contributed by atoms with Gasteiger partial charge in [0.25, 0.3) is 0 Å². The number of aliphatic imine (C=N–C) groups is 1. The minimum atomic E-state index is 0. The highest BCUT2D eigenvalue weighted by molar-refractivity contribution is 14.0. The van der Waals surface area contributed by atoms with Crippen LogP contribution in [0.4, 0.5) is 0 Å². The Hall–Kier alpha value is -0.760. The lowest BCUT2D eigenvalue weighted by Gasteiger charge is -2.21. The highest BCUT2D eigenvalue weighted by atomic mass is 127. The third-order valence-corrected chi connectivity index (χ3v) is 3.50. The molecule has 6 heteroatoms. The van der Waals surface area contributed by atoms with Gasteiger partial charge < -0.3 is 19.9 Å². The first-order valence-corrected chi connectivity index (χ1v) is 8.31. The van der Waals surface area contributed by atoms with Crippen molar-refractivity contribution in [2.75, 3.05) is 19.7 Å². The lowest BCUT2D eigenvalue weighted by molar-refractivity contribution is 0.0258. The summed E-state index contributed by atoms with van der Waals surface area (Å²) in [6, 6.07) is 2.09. The number of nitrogens with one attached hydrogen (secondary N) is 2. The second kappa shape index (κ2) is 12.6. The average molecular weight is 436 g/mol. The van der Waals surface area contributed by atoms with Gasteiger partial charge in [-0.15, -0.1) is 24.0 Å². The molecule has 1 atom stereocenters. The molecule has 23 heavy (non-hydrogen) atoms. The van der Waals surface area contributed by atoms with E-state index in [0.29, 0.717) is 18.6 Å². The number of rotatable bonds is 9. The molecular weight excluding hydrogens is 403 g/mol. The van der Waals surface area contributed by atoms with E-state index < -0.39 is 0 Å². The van der Waals surface area contributed by atoms with E-state index in [1.165, 1.54) is 5.56 Å². The van der Waals surface area contributed by atoms with E-state index >= 15 is 0 Å². The molecule has 0 aliphatic rings. The van der Waals surface area contributed by atoms with Gasteiger partial charge in [0.2, 0.25) is 0 Å². The van der Waals surface area contributed by atoms with Crippen molar-refractivity contribution < 1.29 is 4.74 Å². The molecule has 5 nitrogen and oxygen atoms in total. The summed E-state index contributed by atoms with van der Waals surface area (Å²) in [6.45, 7) is 11.7. The molecule has 0 fully saturated rings. The monoisotopic (exact) mass is 436 g/mol. The van der Waals surface area contributed by atoms with E-state index in [0.717, 1.165) is 32.1 Å². The highest BCUT2D eigenvalue weighted by Gasteiger charge is 2.12. The predicted octanol–water partition coefficient (Wildman–Crippen LogP) is 3.15. The zero-order chi connectivity index (χ0) is 16.4. The fraction of sp³-hybridized carbons (Fsp3) is 0.706. The van der Waals surface area contributed by atoms with Crippen molar-refractivity contribution in [2.24, 2.45) is 18.0 Å². The number of aromatic nitrogens is 1. The normalized spacial score (nSPS) is 12.9. The van der Waals surface area contributed by atoms with Gasteiger partial charge in [-0.3, -0.25) is 0 Å². The van der Waals surface area contributed by atoms with E-state index in [-0.39, 0.29) is 24.0 Å². The fourth-order valence-corrected chi connectivity index (χ4v) is 2.32. The Balaban J connectivity index is 0.00000484. The van der Waals surface area contributed by atoms with Crippen molar-refractivity contribution in [1.82, 2.24) is 15.2 Å². The second-order valence-corrected chi connectivity index (χ2v) is 5.83. The molecule has 0 spiro atoms. The van der Waals surface area contributed by atoms with Gasteiger partial charge in [0.15, 0.2) is 5.96 Å². The van der Waals surface area contributed by atoms with Gasteiger partial charge in [-0.05, 0) is 37.8 Å². The van der Waals surface area contributed by atoms with Crippen LogP contribution < -0.4 is 10.6 Å². The van der Waals surface area contributed by atoms with Gasteiger partial charge in [-0.1, -0.05) is 13.8 Å². The van der Waals surface area contributed by atoms with Crippen LogP contribution in [0.3, 0.4) is 0 Å². The smallest absolute Gasteiger partial charge is 0.191 e. The molecule has 0 saturated heterocycles. The van der Waals surface area contributed by atoms with E-state index in [1.807, 2.05) is 24.7 Å². The maximum Gasteiger partial charge on any atom is 0.191 e. The van der Waals surface area contributed by atoms with Crippen molar-refractivity contribution in [3.05, 3.63) is 24.0 Å². The number of nitrogens with zero attached hydrogens (tertiary/aromatic N) is 2. The lowest BCUT2D eigenvalue weighted by atomic mass is 10.0. The van der Waals surface area contributed by atoms with Gasteiger partial charge in [0.1, 0.15) is 0 Å². The van der Waals surface area contributed by atoms with Crippen molar-refractivity contribution in [3.63, 3.8) is 0 Å². The van der Waals surface area contributed by atoms with Crippen LogP contribution in [-0.4, -0.2) is 36.3 Å². The molecule has 0 bridgehead atoms. The van der Waals surface area contributed by atoms with Crippen LogP contribution in [0.25, 0.3) is 0 Å². The summed E-state index contributed by atoms with van der Waals surface area (Å²) in [5, 5.41) is 6.68. The molecule has 0 saturated carbocycles. The Bertz CT molecular complexity index is 446. The predicted molar refractivity (Wildman–Crippen MR) is 109 cm³/mol. The van der Waals surface area contributed by atoms with Crippen LogP contribution in [-0.2, 0) is 18.3 Å².